The van der Waals surface area contributed by atoms with E-state index in [1.165, 1.54) is 0 Å². The molecular formula is C9H15BrO2. The van der Waals surface area contributed by atoms with E-state index in [1.807, 2.05) is 6.08 Å². The van der Waals surface area contributed by atoms with Crippen LogP contribution in [0.2, 0.25) is 0 Å². The molecule has 0 aliphatic carbocycles. The van der Waals surface area contributed by atoms with Gasteiger partial charge in [0.1, 0.15) is 0 Å². The van der Waals surface area contributed by atoms with Gasteiger partial charge in [-0.2, -0.15) is 0 Å². The van der Waals surface area contributed by atoms with Gasteiger partial charge in [0.05, 0.1) is 18.8 Å². The van der Waals surface area contributed by atoms with Crippen LogP contribution in [-0.2, 0) is 4.74 Å². The van der Waals surface area contributed by atoms with Crippen LogP contribution in [0.25, 0.3) is 0 Å². The first-order valence-electron chi connectivity index (χ1n) is 4.26. The van der Waals surface area contributed by atoms with Crippen molar-refractivity contribution in [2.24, 2.45) is 5.92 Å². The highest BCUT2D eigenvalue weighted by molar-refractivity contribution is 9.09. The van der Waals surface area contributed by atoms with Gasteiger partial charge < -0.3 is 9.84 Å². The van der Waals surface area contributed by atoms with Gasteiger partial charge in [-0.05, 0) is 12.8 Å². The summed E-state index contributed by atoms with van der Waals surface area (Å²) in [6, 6.07) is 0. The Balaban J connectivity index is 2.30. The zero-order valence-corrected chi connectivity index (χ0v) is 8.66. The maximum atomic E-state index is 9.49. The molecule has 1 fully saturated rings. The van der Waals surface area contributed by atoms with Crippen LogP contribution in [0.4, 0.5) is 0 Å². The van der Waals surface area contributed by atoms with Crippen LogP contribution < -0.4 is 0 Å². The number of ether oxygens (including phenoxy) is 1. The maximum Gasteiger partial charge on any atom is 0.0753 e. The van der Waals surface area contributed by atoms with Crippen LogP contribution in [0.15, 0.2) is 12.7 Å². The summed E-state index contributed by atoms with van der Waals surface area (Å²) in [4.78, 5) is 0. The Morgan fingerprint density at radius 3 is 2.83 bits per heavy atom. The van der Waals surface area contributed by atoms with Crippen molar-refractivity contribution >= 4 is 15.9 Å². The predicted molar refractivity (Wildman–Crippen MR) is 52.5 cm³/mol. The van der Waals surface area contributed by atoms with Crippen molar-refractivity contribution in [2.75, 3.05) is 11.9 Å². The fourth-order valence-electron chi connectivity index (χ4n) is 1.41. The summed E-state index contributed by atoms with van der Waals surface area (Å²) in [5.41, 5.74) is 0. The van der Waals surface area contributed by atoms with Crippen LogP contribution >= 0.6 is 15.9 Å². The summed E-state index contributed by atoms with van der Waals surface area (Å²) in [5.74, 6) is 0.292. The van der Waals surface area contributed by atoms with Gasteiger partial charge in [0.25, 0.3) is 0 Å². The molecule has 0 radical (unpaired) electrons. The van der Waals surface area contributed by atoms with Crippen LogP contribution in [0.1, 0.15) is 12.8 Å². The Labute approximate surface area is 81.7 Å². The lowest BCUT2D eigenvalue weighted by molar-refractivity contribution is -0.0291. The van der Waals surface area contributed by atoms with Gasteiger partial charge in [-0.3, -0.25) is 0 Å². The molecule has 12 heavy (non-hydrogen) atoms. The Morgan fingerprint density at radius 2 is 2.42 bits per heavy atom. The molecule has 0 aromatic heterocycles. The number of hydrogen-bond donors (Lipinski definition) is 1. The highest BCUT2D eigenvalue weighted by Crippen LogP contribution is 2.22. The maximum absolute atomic E-state index is 9.49. The molecule has 0 aromatic carbocycles. The number of aliphatic hydroxyl groups excluding tert-OH is 1. The molecule has 1 aliphatic heterocycles. The number of halogens is 1. The highest BCUT2D eigenvalue weighted by Gasteiger charge is 2.24. The molecule has 1 N–H and O–H groups in total. The Hall–Kier alpha value is 0.140. The second-order valence-corrected chi connectivity index (χ2v) is 3.81. The van der Waals surface area contributed by atoms with Crippen molar-refractivity contribution in [2.45, 2.75) is 25.0 Å². The van der Waals surface area contributed by atoms with E-state index in [2.05, 4.69) is 22.5 Å². The summed E-state index contributed by atoms with van der Waals surface area (Å²) in [6.45, 7) is 4.33. The molecule has 1 saturated heterocycles. The normalized spacial score (nSPS) is 32.8. The summed E-state index contributed by atoms with van der Waals surface area (Å²) in [6.07, 6.45) is 3.78. The monoisotopic (exact) mass is 234 g/mol. The second kappa shape index (κ2) is 5.00. The fraction of sp³-hybridized carbons (Fsp3) is 0.778. The molecule has 1 heterocycles. The van der Waals surface area contributed by atoms with E-state index >= 15 is 0 Å². The van der Waals surface area contributed by atoms with Crippen LogP contribution in [0.3, 0.4) is 0 Å². The van der Waals surface area contributed by atoms with E-state index in [-0.39, 0.29) is 12.2 Å². The molecule has 0 amide bonds. The smallest absolute Gasteiger partial charge is 0.0753 e. The van der Waals surface area contributed by atoms with Gasteiger partial charge in [-0.1, -0.05) is 22.0 Å². The SMILES string of the molecule is C=CC1CCC(C(O)CBr)CO1. The van der Waals surface area contributed by atoms with E-state index in [4.69, 9.17) is 4.74 Å². The molecule has 2 nitrogen and oxygen atoms in total. The molecule has 0 aromatic rings. The molecule has 0 spiro atoms. The van der Waals surface area contributed by atoms with Crippen molar-refractivity contribution in [3.63, 3.8) is 0 Å². The van der Waals surface area contributed by atoms with Crippen molar-refractivity contribution in [3.05, 3.63) is 12.7 Å². The Kier molecular flexibility index (Phi) is 4.26. The lowest BCUT2D eigenvalue weighted by Crippen LogP contribution is -2.33. The first-order valence-corrected chi connectivity index (χ1v) is 5.38. The summed E-state index contributed by atoms with van der Waals surface area (Å²) >= 11 is 3.26. The van der Waals surface area contributed by atoms with Crippen molar-refractivity contribution < 1.29 is 9.84 Å². The molecule has 1 rings (SSSR count). The molecule has 0 saturated carbocycles. The minimum absolute atomic E-state index is 0.198. The number of hydrogen-bond acceptors (Lipinski definition) is 2. The third kappa shape index (κ3) is 2.57. The average Bonchev–Trinajstić information content (AvgIpc) is 2.17. The van der Waals surface area contributed by atoms with Crippen LogP contribution in [0.5, 0.6) is 0 Å². The summed E-state index contributed by atoms with van der Waals surface area (Å²) in [7, 11) is 0. The number of aliphatic hydroxyl groups is 1. The minimum Gasteiger partial charge on any atom is -0.392 e. The Morgan fingerprint density at radius 1 is 1.67 bits per heavy atom. The highest BCUT2D eigenvalue weighted by atomic mass is 79.9. The molecule has 3 heteroatoms. The molecule has 70 valence electrons. The first-order chi connectivity index (χ1) is 5.77. The van der Waals surface area contributed by atoms with Crippen molar-refractivity contribution in [1.29, 1.82) is 0 Å². The van der Waals surface area contributed by atoms with E-state index in [9.17, 15) is 5.11 Å². The third-order valence-electron chi connectivity index (χ3n) is 2.31. The lowest BCUT2D eigenvalue weighted by Gasteiger charge is -2.29. The van der Waals surface area contributed by atoms with Gasteiger partial charge in [0, 0.05) is 11.2 Å². The fourth-order valence-corrected chi connectivity index (χ4v) is 1.94. The van der Waals surface area contributed by atoms with Gasteiger partial charge in [0.15, 0.2) is 0 Å². The lowest BCUT2D eigenvalue weighted by atomic mass is 9.94. The standard InChI is InChI=1S/C9H15BrO2/c1-2-8-4-3-7(6-12-8)9(11)5-10/h2,7-9,11H,1,3-6H2. The van der Waals surface area contributed by atoms with Crippen molar-refractivity contribution in [1.82, 2.24) is 0 Å². The van der Waals surface area contributed by atoms with E-state index < -0.39 is 0 Å². The molecule has 1 aliphatic rings. The van der Waals surface area contributed by atoms with Crippen LogP contribution in [-0.4, -0.2) is 29.3 Å². The second-order valence-electron chi connectivity index (χ2n) is 3.17. The molecular weight excluding hydrogens is 220 g/mol. The van der Waals surface area contributed by atoms with Gasteiger partial charge in [-0.15, -0.1) is 6.58 Å². The minimum atomic E-state index is -0.268. The van der Waals surface area contributed by atoms with Crippen LogP contribution in [0, 0.1) is 5.92 Å². The summed E-state index contributed by atoms with van der Waals surface area (Å²) in [5, 5.41) is 10.1. The number of alkyl halides is 1. The summed E-state index contributed by atoms with van der Waals surface area (Å²) < 4.78 is 5.46. The van der Waals surface area contributed by atoms with E-state index in [1.54, 1.807) is 0 Å². The van der Waals surface area contributed by atoms with Crippen molar-refractivity contribution in [3.8, 4) is 0 Å². The third-order valence-corrected chi connectivity index (χ3v) is 2.97. The zero-order chi connectivity index (χ0) is 8.97. The van der Waals surface area contributed by atoms with Gasteiger partial charge >= 0.3 is 0 Å². The first kappa shape index (κ1) is 10.2. The Bertz CT molecular complexity index is 141. The average molecular weight is 235 g/mol. The molecule has 3 atom stereocenters. The topological polar surface area (TPSA) is 29.5 Å². The van der Waals surface area contributed by atoms with Gasteiger partial charge in [-0.25, -0.2) is 0 Å². The largest absolute Gasteiger partial charge is 0.392 e. The zero-order valence-electron chi connectivity index (χ0n) is 7.08. The molecule has 0 bridgehead atoms. The quantitative estimate of drug-likeness (QED) is 0.596. The number of rotatable bonds is 3. The van der Waals surface area contributed by atoms with E-state index in [0.717, 1.165) is 12.8 Å². The molecule has 3 unspecified atom stereocenters. The predicted octanol–water partition coefficient (Wildman–Crippen LogP) is 1.72. The van der Waals surface area contributed by atoms with Gasteiger partial charge in [0.2, 0.25) is 0 Å². The van der Waals surface area contributed by atoms with E-state index in [0.29, 0.717) is 17.9 Å².